The Balaban J connectivity index is 2.14. The van der Waals surface area contributed by atoms with Crippen molar-refractivity contribution in [1.82, 2.24) is 4.72 Å². The van der Waals surface area contributed by atoms with Crippen molar-refractivity contribution >= 4 is 15.9 Å². The van der Waals surface area contributed by atoms with Crippen molar-refractivity contribution in [3.63, 3.8) is 0 Å². The summed E-state index contributed by atoms with van der Waals surface area (Å²) in [5.41, 5.74) is 7.11. The van der Waals surface area contributed by atoms with E-state index in [1.54, 1.807) is 19.2 Å². The van der Waals surface area contributed by atoms with Crippen LogP contribution in [-0.2, 0) is 16.8 Å². The van der Waals surface area contributed by atoms with Gasteiger partial charge in [0, 0.05) is 19.6 Å². The van der Waals surface area contributed by atoms with Crippen LogP contribution >= 0.6 is 0 Å². The maximum atomic E-state index is 11.9. The molecular weight excluding hydrogens is 238 g/mol. The van der Waals surface area contributed by atoms with Crippen molar-refractivity contribution in [2.45, 2.75) is 25.4 Å². The first kappa shape index (κ1) is 12.3. The first-order chi connectivity index (χ1) is 8.03. The lowest BCUT2D eigenvalue weighted by molar-refractivity contribution is 0.579. The second kappa shape index (κ2) is 4.64. The Kier molecular flexibility index (Phi) is 3.37. The van der Waals surface area contributed by atoms with Gasteiger partial charge >= 0.3 is 10.2 Å². The zero-order chi connectivity index (χ0) is 12.5. The van der Waals surface area contributed by atoms with Gasteiger partial charge in [-0.1, -0.05) is 12.1 Å². The highest BCUT2D eigenvalue weighted by Crippen LogP contribution is 2.22. The maximum Gasteiger partial charge on any atom is 0.301 e. The molecule has 0 aromatic heterocycles. The molecule has 1 aromatic rings. The molecule has 5 nitrogen and oxygen atoms in total. The molecule has 0 spiro atoms. The van der Waals surface area contributed by atoms with E-state index in [1.165, 1.54) is 4.31 Å². The van der Waals surface area contributed by atoms with Crippen molar-refractivity contribution in [3.05, 3.63) is 29.8 Å². The minimum absolute atomic E-state index is 0.116. The standard InChI is InChI=1S/C11H17N3O2S/c1-14(17(15,16)13-10-4-5-10)11-6-2-9(8-12)3-7-11/h2-3,6-7,10,13H,4-5,8,12H2,1H3. The molecule has 1 aromatic carbocycles. The molecule has 94 valence electrons. The summed E-state index contributed by atoms with van der Waals surface area (Å²) in [5.74, 6) is 0. The van der Waals surface area contributed by atoms with E-state index in [0.29, 0.717) is 12.2 Å². The van der Waals surface area contributed by atoms with E-state index in [1.807, 2.05) is 12.1 Å². The van der Waals surface area contributed by atoms with E-state index in [9.17, 15) is 8.42 Å². The molecule has 1 saturated carbocycles. The Morgan fingerprint density at radius 3 is 2.41 bits per heavy atom. The lowest BCUT2D eigenvalue weighted by atomic mass is 10.2. The smallest absolute Gasteiger partial charge is 0.301 e. The molecule has 6 heteroatoms. The van der Waals surface area contributed by atoms with Crippen LogP contribution in [0.2, 0.25) is 0 Å². The van der Waals surface area contributed by atoms with Crippen LogP contribution < -0.4 is 14.8 Å². The fourth-order valence-electron chi connectivity index (χ4n) is 1.47. The third kappa shape index (κ3) is 2.96. The SMILES string of the molecule is CN(c1ccc(CN)cc1)S(=O)(=O)NC1CC1. The monoisotopic (exact) mass is 255 g/mol. The number of benzene rings is 1. The number of anilines is 1. The number of rotatable bonds is 5. The summed E-state index contributed by atoms with van der Waals surface area (Å²) in [6.45, 7) is 0.455. The minimum atomic E-state index is -3.42. The predicted octanol–water partition coefficient (Wildman–Crippen LogP) is 0.578. The summed E-state index contributed by atoms with van der Waals surface area (Å²) < 4.78 is 27.7. The largest absolute Gasteiger partial charge is 0.326 e. The average Bonchev–Trinajstić information content (AvgIpc) is 3.11. The Hall–Kier alpha value is -1.11. The van der Waals surface area contributed by atoms with Gasteiger partial charge in [-0.2, -0.15) is 13.1 Å². The van der Waals surface area contributed by atoms with E-state index in [-0.39, 0.29) is 6.04 Å². The summed E-state index contributed by atoms with van der Waals surface area (Å²) in [6, 6.07) is 7.30. The molecule has 0 bridgehead atoms. The summed E-state index contributed by atoms with van der Waals surface area (Å²) in [5, 5.41) is 0. The van der Waals surface area contributed by atoms with Gasteiger partial charge in [0.25, 0.3) is 0 Å². The topological polar surface area (TPSA) is 75.4 Å². The summed E-state index contributed by atoms with van der Waals surface area (Å²) >= 11 is 0. The molecule has 0 atom stereocenters. The average molecular weight is 255 g/mol. The fraction of sp³-hybridized carbons (Fsp3) is 0.455. The highest BCUT2D eigenvalue weighted by Gasteiger charge is 2.29. The number of nitrogens with two attached hydrogens (primary N) is 1. The van der Waals surface area contributed by atoms with Crippen molar-refractivity contribution in [1.29, 1.82) is 0 Å². The second-order valence-electron chi connectivity index (χ2n) is 4.24. The van der Waals surface area contributed by atoms with Gasteiger partial charge in [0.1, 0.15) is 0 Å². The van der Waals surface area contributed by atoms with E-state index in [0.717, 1.165) is 18.4 Å². The number of hydrogen-bond donors (Lipinski definition) is 2. The first-order valence-electron chi connectivity index (χ1n) is 5.58. The van der Waals surface area contributed by atoms with Crippen LogP contribution in [0, 0.1) is 0 Å². The zero-order valence-electron chi connectivity index (χ0n) is 9.76. The Bertz CT molecular complexity index is 480. The molecule has 0 radical (unpaired) electrons. The summed E-state index contributed by atoms with van der Waals surface area (Å²) in [7, 11) is -1.87. The van der Waals surface area contributed by atoms with Crippen molar-refractivity contribution in [2.75, 3.05) is 11.4 Å². The van der Waals surface area contributed by atoms with Gasteiger partial charge in [-0.05, 0) is 30.5 Å². The second-order valence-corrected chi connectivity index (χ2v) is 5.97. The lowest BCUT2D eigenvalue weighted by Crippen LogP contribution is -2.39. The Morgan fingerprint density at radius 1 is 1.35 bits per heavy atom. The van der Waals surface area contributed by atoms with E-state index >= 15 is 0 Å². The maximum absolute atomic E-state index is 11.9. The molecular formula is C11H17N3O2S. The highest BCUT2D eigenvalue weighted by molar-refractivity contribution is 7.90. The molecule has 1 aliphatic carbocycles. The quantitative estimate of drug-likeness (QED) is 0.808. The summed E-state index contributed by atoms with van der Waals surface area (Å²) in [4.78, 5) is 0. The molecule has 1 aliphatic rings. The van der Waals surface area contributed by atoms with E-state index in [4.69, 9.17) is 5.73 Å². The molecule has 3 N–H and O–H groups in total. The Morgan fingerprint density at radius 2 is 1.94 bits per heavy atom. The van der Waals surface area contributed by atoms with Gasteiger partial charge in [-0.25, -0.2) is 0 Å². The van der Waals surface area contributed by atoms with Crippen molar-refractivity contribution in [2.24, 2.45) is 5.73 Å². The number of nitrogens with zero attached hydrogens (tertiary/aromatic N) is 1. The molecule has 0 aliphatic heterocycles. The molecule has 0 saturated heterocycles. The molecule has 17 heavy (non-hydrogen) atoms. The van der Waals surface area contributed by atoms with E-state index in [2.05, 4.69) is 4.72 Å². The molecule has 0 amide bonds. The van der Waals surface area contributed by atoms with E-state index < -0.39 is 10.2 Å². The third-order valence-corrected chi connectivity index (χ3v) is 4.35. The lowest BCUT2D eigenvalue weighted by Gasteiger charge is -2.19. The van der Waals surface area contributed by atoms with Crippen LogP contribution in [0.5, 0.6) is 0 Å². The van der Waals surface area contributed by atoms with Crippen LogP contribution in [0.1, 0.15) is 18.4 Å². The molecule has 0 unspecified atom stereocenters. The molecule has 2 rings (SSSR count). The first-order valence-corrected chi connectivity index (χ1v) is 7.02. The normalized spacial score (nSPS) is 15.9. The van der Waals surface area contributed by atoms with Crippen LogP contribution in [0.4, 0.5) is 5.69 Å². The third-order valence-electron chi connectivity index (χ3n) is 2.79. The molecule has 1 fully saturated rings. The van der Waals surface area contributed by atoms with Gasteiger partial charge in [-0.3, -0.25) is 4.31 Å². The Labute approximate surface area is 102 Å². The van der Waals surface area contributed by atoms with Gasteiger partial charge in [-0.15, -0.1) is 0 Å². The molecule has 0 heterocycles. The number of hydrogen-bond acceptors (Lipinski definition) is 3. The summed E-state index contributed by atoms with van der Waals surface area (Å²) in [6.07, 6.45) is 1.86. The minimum Gasteiger partial charge on any atom is -0.326 e. The fourth-order valence-corrected chi connectivity index (χ4v) is 2.69. The van der Waals surface area contributed by atoms with Gasteiger partial charge in [0.2, 0.25) is 0 Å². The van der Waals surface area contributed by atoms with Gasteiger partial charge in [0.05, 0.1) is 5.69 Å². The van der Waals surface area contributed by atoms with Crippen LogP contribution in [0.25, 0.3) is 0 Å². The highest BCUT2D eigenvalue weighted by atomic mass is 32.2. The van der Waals surface area contributed by atoms with Gasteiger partial charge < -0.3 is 5.73 Å². The van der Waals surface area contributed by atoms with Crippen LogP contribution in [0.3, 0.4) is 0 Å². The van der Waals surface area contributed by atoms with Crippen molar-refractivity contribution < 1.29 is 8.42 Å². The van der Waals surface area contributed by atoms with Crippen molar-refractivity contribution in [3.8, 4) is 0 Å². The zero-order valence-corrected chi connectivity index (χ0v) is 10.6. The van der Waals surface area contributed by atoms with Crippen LogP contribution in [-0.4, -0.2) is 21.5 Å². The predicted molar refractivity (Wildman–Crippen MR) is 67.8 cm³/mol. The van der Waals surface area contributed by atoms with Crippen LogP contribution in [0.15, 0.2) is 24.3 Å². The number of nitrogens with one attached hydrogen (secondary N) is 1. The van der Waals surface area contributed by atoms with Gasteiger partial charge in [0.15, 0.2) is 0 Å².